The fourth-order valence-electron chi connectivity index (χ4n) is 5.28. The van der Waals surface area contributed by atoms with Crippen molar-refractivity contribution in [2.24, 2.45) is 0 Å². The molecule has 7 N–H and O–H groups in total. The predicted octanol–water partition coefficient (Wildman–Crippen LogP) is 1.97. The van der Waals surface area contributed by atoms with E-state index in [1.54, 1.807) is 6.92 Å². The van der Waals surface area contributed by atoms with Crippen LogP contribution < -0.4 is 0 Å². The lowest BCUT2D eigenvalue weighted by molar-refractivity contribution is -0.332. The third-order valence-electron chi connectivity index (χ3n) is 8.52. The minimum absolute atomic E-state index is 0.0330. The second-order valence-electron chi connectivity index (χ2n) is 13.0. The van der Waals surface area contributed by atoms with E-state index < -0.39 is 99.3 Å². The Labute approximate surface area is 323 Å². The largest absolute Gasteiger partial charge is 0.462 e. The molecular formula is C40H62O15. The molecule has 0 aromatic carbocycles. The lowest BCUT2D eigenvalue weighted by atomic mass is 9.98. The van der Waals surface area contributed by atoms with Crippen LogP contribution in [0.2, 0.25) is 0 Å². The summed E-state index contributed by atoms with van der Waals surface area (Å²) < 4.78 is 32.5. The number of allylic oxidation sites excluding steroid dienone is 12. The van der Waals surface area contributed by atoms with Crippen molar-refractivity contribution < 1.29 is 73.8 Å². The highest BCUT2D eigenvalue weighted by molar-refractivity contribution is 5.70. The van der Waals surface area contributed by atoms with Gasteiger partial charge in [-0.05, 0) is 44.9 Å². The first kappa shape index (κ1) is 48.1. The van der Waals surface area contributed by atoms with Gasteiger partial charge in [-0.3, -0.25) is 9.59 Å². The van der Waals surface area contributed by atoms with E-state index in [2.05, 4.69) is 61.6 Å². The van der Waals surface area contributed by atoms with E-state index in [4.69, 9.17) is 28.4 Å². The maximum Gasteiger partial charge on any atom is 0.306 e. The second-order valence-corrected chi connectivity index (χ2v) is 13.0. The second kappa shape index (κ2) is 28.4. The number of carbonyl (C=O) groups is 2. The van der Waals surface area contributed by atoms with Gasteiger partial charge in [0.1, 0.15) is 55.4 Å². The van der Waals surface area contributed by atoms with Gasteiger partial charge in [0.2, 0.25) is 0 Å². The molecule has 2 aliphatic heterocycles. The number of aliphatic hydroxyl groups excluding tert-OH is 7. The summed E-state index contributed by atoms with van der Waals surface area (Å²) in [6, 6.07) is 0. The molecule has 312 valence electrons. The van der Waals surface area contributed by atoms with Crippen molar-refractivity contribution in [1.82, 2.24) is 0 Å². The van der Waals surface area contributed by atoms with Crippen LogP contribution in [-0.4, -0.2) is 142 Å². The molecule has 2 fully saturated rings. The van der Waals surface area contributed by atoms with Gasteiger partial charge in [-0.15, -0.1) is 0 Å². The molecule has 2 aliphatic rings. The number of rotatable bonds is 25. The topological polar surface area (TPSA) is 231 Å². The zero-order valence-corrected chi connectivity index (χ0v) is 31.9. The predicted molar refractivity (Wildman–Crippen MR) is 201 cm³/mol. The van der Waals surface area contributed by atoms with Crippen LogP contribution in [0.25, 0.3) is 0 Å². The highest BCUT2D eigenvalue weighted by Crippen LogP contribution is 2.26. The lowest BCUT2D eigenvalue weighted by Crippen LogP contribution is -2.61. The summed E-state index contributed by atoms with van der Waals surface area (Å²) in [5, 5.41) is 71.0. The molecule has 0 spiro atoms. The monoisotopic (exact) mass is 782 g/mol. The maximum absolute atomic E-state index is 12.6. The van der Waals surface area contributed by atoms with Crippen LogP contribution in [0.5, 0.6) is 0 Å². The van der Waals surface area contributed by atoms with E-state index >= 15 is 0 Å². The number of hydrogen-bond donors (Lipinski definition) is 7. The molecule has 15 nitrogen and oxygen atoms in total. The van der Waals surface area contributed by atoms with Crippen LogP contribution in [0, 0.1) is 0 Å². The van der Waals surface area contributed by atoms with E-state index in [9.17, 15) is 45.3 Å². The van der Waals surface area contributed by atoms with E-state index in [0.29, 0.717) is 12.8 Å². The zero-order chi connectivity index (χ0) is 40.4. The molecular weight excluding hydrogens is 720 g/mol. The minimum atomic E-state index is -1.78. The van der Waals surface area contributed by atoms with Crippen molar-refractivity contribution in [3.63, 3.8) is 0 Å². The molecule has 0 bridgehead atoms. The van der Waals surface area contributed by atoms with Gasteiger partial charge in [0.25, 0.3) is 0 Å². The summed E-state index contributed by atoms with van der Waals surface area (Å²) in [6.45, 7) is 1.71. The Morgan fingerprint density at radius 1 is 0.582 bits per heavy atom. The van der Waals surface area contributed by atoms with Crippen molar-refractivity contribution in [3.05, 3.63) is 72.9 Å². The Balaban J connectivity index is 1.78. The van der Waals surface area contributed by atoms with Gasteiger partial charge in [0, 0.05) is 12.8 Å². The standard InChI is InChI=1S/C40H62O15/c1-3-5-6-7-8-9-10-11-12-13-14-15-16-17-18-19-20-21-22-23-32(43)53-28(25-50-31(42)4-2)26-51-39-38(49)36(47)34(45)30(55-39)27-52-40-37(48)35(46)33(44)29(24-41)54-40/h5-6,8-9,11-12,14-15,17-18,20-21,28-30,33-41,44-49H,3-4,7,10,13,16,19,22-27H2,1-2H3/b6-5-,9-8-,12-11-,15-14-,18-17-,21-20-. The Hall–Kier alpha value is -3.06. The zero-order valence-electron chi connectivity index (χ0n) is 31.9. The SMILES string of the molecule is CC/C=C\C/C=C\C/C=C\C/C=C\C/C=C\C/C=C\CCC(=O)OC(COC(=O)CC)COC1OC(COC2OC(CO)C(O)C(O)C2O)C(O)C(O)C1O. The Morgan fingerprint density at radius 2 is 1.05 bits per heavy atom. The molecule has 2 rings (SSSR count). The Bertz CT molecular complexity index is 1240. The molecule has 0 aromatic heterocycles. The average molecular weight is 783 g/mol. The molecule has 0 aliphatic carbocycles. The summed E-state index contributed by atoms with van der Waals surface area (Å²) in [7, 11) is 0. The smallest absolute Gasteiger partial charge is 0.306 e. The highest BCUT2D eigenvalue weighted by atomic mass is 16.7. The van der Waals surface area contributed by atoms with Crippen LogP contribution in [-0.2, 0) is 38.0 Å². The van der Waals surface area contributed by atoms with Crippen LogP contribution in [0.15, 0.2) is 72.9 Å². The molecule has 0 amide bonds. The van der Waals surface area contributed by atoms with Crippen molar-refractivity contribution >= 4 is 11.9 Å². The fraction of sp³-hybridized carbons (Fsp3) is 0.650. The number of esters is 2. The van der Waals surface area contributed by atoms with Gasteiger partial charge >= 0.3 is 11.9 Å². The Morgan fingerprint density at radius 3 is 1.56 bits per heavy atom. The number of hydrogen-bond acceptors (Lipinski definition) is 15. The van der Waals surface area contributed by atoms with Crippen molar-refractivity contribution in [2.75, 3.05) is 26.4 Å². The quantitative estimate of drug-likeness (QED) is 0.0519. The van der Waals surface area contributed by atoms with Crippen molar-refractivity contribution in [1.29, 1.82) is 0 Å². The van der Waals surface area contributed by atoms with E-state index in [1.807, 2.05) is 18.2 Å². The first-order valence-electron chi connectivity index (χ1n) is 19.0. The van der Waals surface area contributed by atoms with Gasteiger partial charge < -0.3 is 64.2 Å². The van der Waals surface area contributed by atoms with Crippen molar-refractivity contribution in [2.45, 2.75) is 139 Å². The highest BCUT2D eigenvalue weighted by Gasteiger charge is 2.47. The van der Waals surface area contributed by atoms with Gasteiger partial charge in [0.05, 0.1) is 19.8 Å². The molecule has 2 heterocycles. The van der Waals surface area contributed by atoms with Crippen LogP contribution in [0.3, 0.4) is 0 Å². The third kappa shape index (κ3) is 18.6. The molecule has 15 heteroatoms. The first-order chi connectivity index (χ1) is 26.5. The van der Waals surface area contributed by atoms with Crippen LogP contribution >= 0.6 is 0 Å². The van der Waals surface area contributed by atoms with E-state index in [-0.39, 0.29) is 19.4 Å². The van der Waals surface area contributed by atoms with Crippen molar-refractivity contribution in [3.8, 4) is 0 Å². The molecule has 0 aromatic rings. The molecule has 2 saturated heterocycles. The summed E-state index contributed by atoms with van der Waals surface area (Å²) in [5.41, 5.74) is 0. The molecule has 0 radical (unpaired) electrons. The third-order valence-corrected chi connectivity index (χ3v) is 8.52. The fourth-order valence-corrected chi connectivity index (χ4v) is 5.28. The molecule has 55 heavy (non-hydrogen) atoms. The molecule has 0 saturated carbocycles. The summed E-state index contributed by atoms with van der Waals surface area (Å²) in [4.78, 5) is 24.4. The molecule has 11 atom stereocenters. The van der Waals surface area contributed by atoms with Gasteiger partial charge in [-0.25, -0.2) is 0 Å². The Kier molecular flexibility index (Phi) is 24.8. The van der Waals surface area contributed by atoms with E-state index in [0.717, 1.165) is 32.1 Å². The number of carbonyl (C=O) groups excluding carboxylic acids is 2. The minimum Gasteiger partial charge on any atom is -0.462 e. The van der Waals surface area contributed by atoms with Crippen LogP contribution in [0.1, 0.15) is 71.6 Å². The summed E-state index contributed by atoms with van der Waals surface area (Å²) in [6.07, 6.45) is 13.9. The first-order valence-corrected chi connectivity index (χ1v) is 19.0. The number of ether oxygens (including phenoxy) is 6. The summed E-state index contributed by atoms with van der Waals surface area (Å²) >= 11 is 0. The normalized spacial score (nSPS) is 29.8. The van der Waals surface area contributed by atoms with Gasteiger partial charge in [0.15, 0.2) is 18.7 Å². The van der Waals surface area contributed by atoms with Gasteiger partial charge in [-0.2, -0.15) is 0 Å². The van der Waals surface area contributed by atoms with E-state index in [1.165, 1.54) is 0 Å². The number of aliphatic hydroxyl groups is 7. The lowest BCUT2D eigenvalue weighted by Gasteiger charge is -2.42. The molecule has 11 unspecified atom stereocenters. The maximum atomic E-state index is 12.6. The van der Waals surface area contributed by atoms with Gasteiger partial charge in [-0.1, -0.05) is 86.8 Å². The average Bonchev–Trinajstić information content (AvgIpc) is 3.18. The van der Waals surface area contributed by atoms with Crippen LogP contribution in [0.4, 0.5) is 0 Å². The summed E-state index contributed by atoms with van der Waals surface area (Å²) in [5.74, 6) is -1.14.